The van der Waals surface area contributed by atoms with Gasteiger partial charge in [-0.3, -0.25) is 0 Å². The van der Waals surface area contributed by atoms with Crippen LogP contribution in [-0.4, -0.2) is 26.3 Å². The molecule has 2 atom stereocenters. The summed E-state index contributed by atoms with van der Waals surface area (Å²) in [6, 6.07) is 9.81. The molecular formula is C15H14BrN3O2. The summed E-state index contributed by atoms with van der Waals surface area (Å²) in [6.07, 6.45) is -0.550. The first-order valence-corrected chi connectivity index (χ1v) is 7.43. The number of para-hydroxylation sites is 1. The Balaban J connectivity index is 2.06. The number of hydrogen-bond acceptors (Lipinski definition) is 5. The Bertz CT molecular complexity index is 785. The molecule has 0 radical (unpaired) electrons. The molecule has 0 amide bonds. The monoisotopic (exact) mass is 347 g/mol. The van der Waals surface area contributed by atoms with E-state index in [1.165, 1.54) is 0 Å². The molecule has 0 bridgehead atoms. The molecule has 0 spiro atoms. The molecule has 3 rings (SSSR count). The highest BCUT2D eigenvalue weighted by atomic mass is 79.9. The maximum atomic E-state index is 9.60. The maximum absolute atomic E-state index is 9.60. The summed E-state index contributed by atoms with van der Waals surface area (Å²) in [6.45, 7) is 3.53. The van der Waals surface area contributed by atoms with Crippen molar-refractivity contribution >= 4 is 26.8 Å². The molecule has 0 fully saturated rings. The number of benzene rings is 1. The average molecular weight is 348 g/mol. The molecule has 0 saturated carbocycles. The van der Waals surface area contributed by atoms with Crippen LogP contribution in [0.25, 0.3) is 22.4 Å². The van der Waals surface area contributed by atoms with E-state index in [1.54, 1.807) is 6.92 Å². The van der Waals surface area contributed by atoms with Crippen LogP contribution in [0.15, 0.2) is 39.3 Å². The van der Waals surface area contributed by atoms with Crippen LogP contribution in [0.2, 0.25) is 0 Å². The quantitative estimate of drug-likeness (QED) is 0.784. The van der Waals surface area contributed by atoms with Gasteiger partial charge in [0.2, 0.25) is 11.7 Å². The molecule has 0 aliphatic rings. The molecule has 108 valence electrons. The molecular weight excluding hydrogens is 334 g/mol. The van der Waals surface area contributed by atoms with E-state index in [1.807, 2.05) is 37.3 Å². The Morgan fingerprint density at radius 2 is 1.95 bits per heavy atom. The molecule has 3 aromatic rings. The van der Waals surface area contributed by atoms with E-state index in [2.05, 4.69) is 31.1 Å². The minimum Gasteiger partial charge on any atom is -0.393 e. The van der Waals surface area contributed by atoms with Crippen LogP contribution < -0.4 is 0 Å². The summed E-state index contributed by atoms with van der Waals surface area (Å²) in [5, 5.41) is 14.6. The smallest absolute Gasteiger partial charge is 0.232 e. The van der Waals surface area contributed by atoms with Gasteiger partial charge in [-0.1, -0.05) is 30.3 Å². The SMILES string of the molecule is CC(O)C(C)c1nc(-c2nc3ccccc3cc2Br)no1. The van der Waals surface area contributed by atoms with Gasteiger partial charge >= 0.3 is 0 Å². The van der Waals surface area contributed by atoms with E-state index < -0.39 is 6.10 Å². The molecule has 21 heavy (non-hydrogen) atoms. The lowest BCUT2D eigenvalue weighted by Gasteiger charge is -2.08. The maximum Gasteiger partial charge on any atom is 0.232 e. The van der Waals surface area contributed by atoms with Crippen LogP contribution in [0.3, 0.4) is 0 Å². The Morgan fingerprint density at radius 1 is 1.19 bits per heavy atom. The van der Waals surface area contributed by atoms with Crippen molar-refractivity contribution in [2.75, 3.05) is 0 Å². The van der Waals surface area contributed by atoms with E-state index >= 15 is 0 Å². The Kier molecular flexibility index (Phi) is 3.73. The lowest BCUT2D eigenvalue weighted by Crippen LogP contribution is -2.11. The van der Waals surface area contributed by atoms with Crippen molar-refractivity contribution in [1.29, 1.82) is 0 Å². The first-order valence-electron chi connectivity index (χ1n) is 6.63. The van der Waals surface area contributed by atoms with Crippen molar-refractivity contribution in [2.45, 2.75) is 25.9 Å². The summed E-state index contributed by atoms with van der Waals surface area (Å²) in [4.78, 5) is 8.91. The van der Waals surface area contributed by atoms with Gasteiger partial charge in [0.1, 0.15) is 5.69 Å². The first kappa shape index (κ1) is 14.2. The number of aliphatic hydroxyl groups excluding tert-OH is 1. The topological polar surface area (TPSA) is 72.0 Å². The molecule has 2 heterocycles. The van der Waals surface area contributed by atoms with Crippen LogP contribution in [0.4, 0.5) is 0 Å². The zero-order chi connectivity index (χ0) is 15.0. The molecule has 0 saturated heterocycles. The normalized spacial score (nSPS) is 14.3. The Hall–Kier alpha value is -1.79. The standard InChI is InChI=1S/C15H14BrN3O2/c1-8(9(2)20)15-18-14(19-21-15)13-11(16)7-10-5-3-4-6-12(10)17-13/h3-9,20H,1-2H3. The van der Waals surface area contributed by atoms with E-state index in [-0.39, 0.29) is 5.92 Å². The molecule has 0 aliphatic carbocycles. The molecule has 6 heteroatoms. The second kappa shape index (κ2) is 5.54. The van der Waals surface area contributed by atoms with E-state index in [4.69, 9.17) is 4.52 Å². The van der Waals surface area contributed by atoms with E-state index in [0.29, 0.717) is 17.4 Å². The number of aliphatic hydroxyl groups is 1. The Labute approximate surface area is 130 Å². The summed E-state index contributed by atoms with van der Waals surface area (Å²) >= 11 is 3.50. The van der Waals surface area contributed by atoms with Gasteiger partial charge < -0.3 is 9.63 Å². The fourth-order valence-corrected chi connectivity index (χ4v) is 2.48. The van der Waals surface area contributed by atoms with Gasteiger partial charge in [-0.15, -0.1) is 0 Å². The van der Waals surface area contributed by atoms with Gasteiger partial charge in [0.25, 0.3) is 0 Å². The van der Waals surface area contributed by atoms with E-state index in [0.717, 1.165) is 15.4 Å². The predicted molar refractivity (Wildman–Crippen MR) is 82.8 cm³/mol. The van der Waals surface area contributed by atoms with Gasteiger partial charge in [0.05, 0.1) is 17.5 Å². The second-order valence-corrected chi connectivity index (χ2v) is 5.85. The fraction of sp³-hybridized carbons (Fsp3) is 0.267. The third-order valence-electron chi connectivity index (χ3n) is 3.44. The van der Waals surface area contributed by atoms with Crippen molar-refractivity contribution in [2.24, 2.45) is 0 Å². The zero-order valence-corrected chi connectivity index (χ0v) is 13.2. The first-order chi connectivity index (χ1) is 10.1. The largest absolute Gasteiger partial charge is 0.393 e. The number of aromatic nitrogens is 3. The summed E-state index contributed by atoms with van der Waals surface area (Å²) < 4.78 is 6.03. The second-order valence-electron chi connectivity index (χ2n) is 5.00. The Morgan fingerprint density at radius 3 is 2.71 bits per heavy atom. The van der Waals surface area contributed by atoms with Crippen molar-refractivity contribution in [1.82, 2.24) is 15.1 Å². The third-order valence-corrected chi connectivity index (χ3v) is 4.05. The van der Waals surface area contributed by atoms with Gasteiger partial charge in [0.15, 0.2) is 0 Å². The van der Waals surface area contributed by atoms with Gasteiger partial charge in [-0.05, 0) is 35.0 Å². The third kappa shape index (κ3) is 2.69. The molecule has 2 unspecified atom stereocenters. The van der Waals surface area contributed by atoms with Crippen LogP contribution in [0.1, 0.15) is 25.7 Å². The number of nitrogens with zero attached hydrogens (tertiary/aromatic N) is 3. The number of halogens is 1. The van der Waals surface area contributed by atoms with Crippen molar-refractivity contribution in [3.63, 3.8) is 0 Å². The molecule has 1 aromatic carbocycles. The van der Waals surface area contributed by atoms with Crippen LogP contribution >= 0.6 is 15.9 Å². The number of fused-ring (bicyclic) bond motifs is 1. The van der Waals surface area contributed by atoms with Crippen LogP contribution in [0.5, 0.6) is 0 Å². The van der Waals surface area contributed by atoms with Crippen molar-refractivity contribution in [3.05, 3.63) is 40.7 Å². The van der Waals surface area contributed by atoms with Gasteiger partial charge in [0, 0.05) is 9.86 Å². The number of rotatable bonds is 3. The molecule has 2 aromatic heterocycles. The highest BCUT2D eigenvalue weighted by molar-refractivity contribution is 9.10. The number of pyridine rings is 1. The van der Waals surface area contributed by atoms with Crippen molar-refractivity contribution < 1.29 is 9.63 Å². The number of hydrogen-bond donors (Lipinski definition) is 1. The molecule has 5 nitrogen and oxygen atoms in total. The molecule has 1 N–H and O–H groups in total. The summed E-state index contributed by atoms with van der Waals surface area (Å²) in [7, 11) is 0. The minimum atomic E-state index is -0.550. The zero-order valence-electron chi connectivity index (χ0n) is 11.6. The highest BCUT2D eigenvalue weighted by Crippen LogP contribution is 2.29. The predicted octanol–water partition coefficient (Wildman–Crippen LogP) is 3.53. The van der Waals surface area contributed by atoms with Gasteiger partial charge in [-0.25, -0.2) is 4.98 Å². The van der Waals surface area contributed by atoms with Crippen LogP contribution in [0, 0.1) is 0 Å². The van der Waals surface area contributed by atoms with Crippen LogP contribution in [-0.2, 0) is 0 Å². The summed E-state index contributed by atoms with van der Waals surface area (Å²) in [5.41, 5.74) is 1.49. The lowest BCUT2D eigenvalue weighted by molar-refractivity contribution is 0.151. The summed E-state index contributed by atoms with van der Waals surface area (Å²) in [5.74, 6) is 0.600. The molecule has 0 aliphatic heterocycles. The van der Waals surface area contributed by atoms with Crippen molar-refractivity contribution in [3.8, 4) is 11.5 Å². The van der Waals surface area contributed by atoms with E-state index in [9.17, 15) is 5.11 Å². The lowest BCUT2D eigenvalue weighted by atomic mass is 10.1. The average Bonchev–Trinajstić information content (AvgIpc) is 2.95. The highest BCUT2D eigenvalue weighted by Gasteiger charge is 2.21. The minimum absolute atomic E-state index is 0.217. The fourth-order valence-electron chi connectivity index (χ4n) is 1.97. The van der Waals surface area contributed by atoms with Gasteiger partial charge in [-0.2, -0.15) is 4.98 Å².